The van der Waals surface area contributed by atoms with Crippen LogP contribution in [0.1, 0.15) is 39.2 Å². The first-order chi connectivity index (χ1) is 14.0. The van der Waals surface area contributed by atoms with Crippen molar-refractivity contribution >= 4 is 11.6 Å². The molecule has 0 bridgehead atoms. The molecule has 0 spiro atoms. The van der Waals surface area contributed by atoms with E-state index in [2.05, 4.69) is 42.2 Å². The molecule has 0 atom stereocenters. The molecule has 0 unspecified atom stereocenters. The Morgan fingerprint density at radius 1 is 1.14 bits per heavy atom. The van der Waals surface area contributed by atoms with Crippen molar-refractivity contribution in [3.05, 3.63) is 54.1 Å². The SMILES string of the molecule is CCCC(=O)Nc1ccc(-n2nc(OCC(C)C)nc2-c2ccccc2C)cc1. The zero-order valence-corrected chi connectivity index (χ0v) is 17.5. The molecule has 6 nitrogen and oxygen atoms in total. The van der Waals surface area contributed by atoms with E-state index in [1.54, 1.807) is 4.68 Å². The molecule has 1 N–H and O–H groups in total. The number of aryl methyl sites for hydroxylation is 1. The number of carbonyl (C=O) groups is 1. The highest BCUT2D eigenvalue weighted by molar-refractivity contribution is 5.90. The van der Waals surface area contributed by atoms with Crippen molar-refractivity contribution in [3.63, 3.8) is 0 Å². The average Bonchev–Trinajstić information content (AvgIpc) is 3.11. The van der Waals surface area contributed by atoms with E-state index in [1.807, 2.05) is 49.4 Å². The van der Waals surface area contributed by atoms with Crippen LogP contribution in [0.25, 0.3) is 17.1 Å². The molecule has 2 aromatic carbocycles. The number of benzene rings is 2. The summed E-state index contributed by atoms with van der Waals surface area (Å²) >= 11 is 0. The fourth-order valence-electron chi connectivity index (χ4n) is 2.91. The second kappa shape index (κ2) is 9.37. The van der Waals surface area contributed by atoms with Crippen LogP contribution in [0, 0.1) is 12.8 Å². The molecular weight excluding hydrogens is 364 g/mol. The molecule has 6 heteroatoms. The molecular formula is C23H28N4O2. The van der Waals surface area contributed by atoms with Gasteiger partial charge >= 0.3 is 6.01 Å². The van der Waals surface area contributed by atoms with Gasteiger partial charge in [-0.1, -0.05) is 45.0 Å². The van der Waals surface area contributed by atoms with Crippen LogP contribution >= 0.6 is 0 Å². The predicted molar refractivity (Wildman–Crippen MR) is 115 cm³/mol. The van der Waals surface area contributed by atoms with Crippen LogP contribution in [0.5, 0.6) is 6.01 Å². The van der Waals surface area contributed by atoms with Crippen molar-refractivity contribution < 1.29 is 9.53 Å². The molecule has 0 radical (unpaired) electrons. The van der Waals surface area contributed by atoms with Gasteiger partial charge in [-0.05, 0) is 49.1 Å². The van der Waals surface area contributed by atoms with E-state index in [9.17, 15) is 4.79 Å². The molecule has 0 fully saturated rings. The molecule has 0 aliphatic carbocycles. The number of amides is 1. The first-order valence-electron chi connectivity index (χ1n) is 10.0. The van der Waals surface area contributed by atoms with Crippen LogP contribution in [0.4, 0.5) is 5.69 Å². The van der Waals surface area contributed by atoms with E-state index in [0.29, 0.717) is 25.0 Å². The first kappa shape index (κ1) is 20.6. The lowest BCUT2D eigenvalue weighted by molar-refractivity contribution is -0.116. The summed E-state index contributed by atoms with van der Waals surface area (Å²) in [5, 5.41) is 7.49. The first-order valence-corrected chi connectivity index (χ1v) is 10.0. The minimum absolute atomic E-state index is 0.0194. The average molecular weight is 393 g/mol. The maximum Gasteiger partial charge on any atom is 0.336 e. The molecule has 152 valence electrons. The Bertz CT molecular complexity index is 961. The summed E-state index contributed by atoms with van der Waals surface area (Å²) in [7, 11) is 0. The normalized spacial score (nSPS) is 10.9. The summed E-state index contributed by atoms with van der Waals surface area (Å²) in [5.41, 5.74) is 3.73. The van der Waals surface area contributed by atoms with Gasteiger partial charge in [-0.3, -0.25) is 4.79 Å². The number of hydrogen-bond acceptors (Lipinski definition) is 4. The van der Waals surface area contributed by atoms with Crippen LogP contribution in [-0.4, -0.2) is 27.3 Å². The van der Waals surface area contributed by atoms with E-state index in [-0.39, 0.29) is 5.91 Å². The summed E-state index contributed by atoms with van der Waals surface area (Å²) in [4.78, 5) is 16.5. The van der Waals surface area contributed by atoms with Crippen LogP contribution < -0.4 is 10.1 Å². The maximum atomic E-state index is 11.8. The van der Waals surface area contributed by atoms with Crippen LogP contribution in [0.2, 0.25) is 0 Å². The Kier molecular flexibility index (Phi) is 6.65. The second-order valence-electron chi connectivity index (χ2n) is 7.49. The van der Waals surface area contributed by atoms with Crippen molar-refractivity contribution in [2.24, 2.45) is 5.92 Å². The van der Waals surface area contributed by atoms with Crippen molar-refractivity contribution in [2.75, 3.05) is 11.9 Å². The molecule has 3 aromatic rings. The van der Waals surface area contributed by atoms with Gasteiger partial charge in [0.25, 0.3) is 0 Å². The van der Waals surface area contributed by atoms with E-state index < -0.39 is 0 Å². The zero-order chi connectivity index (χ0) is 20.8. The largest absolute Gasteiger partial charge is 0.462 e. The number of nitrogens with one attached hydrogen (secondary N) is 1. The van der Waals surface area contributed by atoms with Gasteiger partial charge in [0.1, 0.15) is 0 Å². The minimum atomic E-state index is 0.0194. The molecule has 1 aromatic heterocycles. The number of rotatable bonds is 8. The van der Waals surface area contributed by atoms with Crippen molar-refractivity contribution in [2.45, 2.75) is 40.5 Å². The number of ether oxygens (including phenoxy) is 1. The summed E-state index contributed by atoms with van der Waals surface area (Å²) in [5.74, 6) is 1.13. The fraction of sp³-hybridized carbons (Fsp3) is 0.348. The van der Waals surface area contributed by atoms with E-state index >= 15 is 0 Å². The topological polar surface area (TPSA) is 69.0 Å². The Morgan fingerprint density at radius 3 is 2.52 bits per heavy atom. The van der Waals surface area contributed by atoms with E-state index in [1.165, 1.54) is 0 Å². The quantitative estimate of drug-likeness (QED) is 0.585. The van der Waals surface area contributed by atoms with E-state index in [4.69, 9.17) is 4.74 Å². The zero-order valence-electron chi connectivity index (χ0n) is 17.5. The number of hydrogen-bond donors (Lipinski definition) is 1. The minimum Gasteiger partial charge on any atom is -0.462 e. The Balaban J connectivity index is 1.94. The predicted octanol–water partition coefficient (Wildman–Crippen LogP) is 5.02. The molecule has 0 saturated carbocycles. The van der Waals surface area contributed by atoms with Crippen LogP contribution in [0.3, 0.4) is 0 Å². The highest BCUT2D eigenvalue weighted by Crippen LogP contribution is 2.27. The van der Waals surface area contributed by atoms with Gasteiger partial charge in [-0.25, -0.2) is 4.68 Å². The molecule has 0 aliphatic heterocycles. The molecule has 0 aliphatic rings. The summed E-state index contributed by atoms with van der Waals surface area (Å²) in [6, 6.07) is 16.0. The fourth-order valence-corrected chi connectivity index (χ4v) is 2.91. The molecule has 1 heterocycles. The second-order valence-corrected chi connectivity index (χ2v) is 7.49. The molecule has 0 saturated heterocycles. The van der Waals surface area contributed by atoms with Crippen LogP contribution in [0.15, 0.2) is 48.5 Å². The lowest BCUT2D eigenvalue weighted by Gasteiger charge is -2.09. The van der Waals surface area contributed by atoms with Gasteiger partial charge in [0.2, 0.25) is 5.91 Å². The molecule has 29 heavy (non-hydrogen) atoms. The number of anilines is 1. The molecule has 1 amide bonds. The third kappa shape index (κ3) is 5.22. The maximum absolute atomic E-state index is 11.8. The third-order valence-corrected chi connectivity index (χ3v) is 4.39. The van der Waals surface area contributed by atoms with Gasteiger partial charge in [0, 0.05) is 17.7 Å². The van der Waals surface area contributed by atoms with Gasteiger partial charge in [-0.15, -0.1) is 5.10 Å². The summed E-state index contributed by atoms with van der Waals surface area (Å²) in [6.07, 6.45) is 1.33. The van der Waals surface area contributed by atoms with Crippen molar-refractivity contribution in [3.8, 4) is 23.1 Å². The van der Waals surface area contributed by atoms with E-state index in [0.717, 1.165) is 34.7 Å². The lowest BCUT2D eigenvalue weighted by Crippen LogP contribution is -2.10. The smallest absolute Gasteiger partial charge is 0.336 e. The summed E-state index contributed by atoms with van der Waals surface area (Å²) < 4.78 is 7.56. The van der Waals surface area contributed by atoms with Crippen molar-refractivity contribution in [1.82, 2.24) is 14.8 Å². The molecule has 3 rings (SSSR count). The monoisotopic (exact) mass is 392 g/mol. The summed E-state index contributed by atoms with van der Waals surface area (Å²) in [6.45, 7) is 8.77. The lowest BCUT2D eigenvalue weighted by atomic mass is 10.1. The van der Waals surface area contributed by atoms with Gasteiger partial charge in [0.05, 0.1) is 12.3 Å². The Morgan fingerprint density at radius 2 is 1.86 bits per heavy atom. The number of nitrogens with zero attached hydrogens (tertiary/aromatic N) is 3. The van der Waals surface area contributed by atoms with Gasteiger partial charge in [-0.2, -0.15) is 4.98 Å². The highest BCUT2D eigenvalue weighted by atomic mass is 16.5. The number of aromatic nitrogens is 3. The van der Waals surface area contributed by atoms with Gasteiger partial charge in [0.15, 0.2) is 5.82 Å². The third-order valence-electron chi connectivity index (χ3n) is 4.39. The standard InChI is InChI=1S/C23H28N4O2/c1-5-8-21(28)24-18-11-13-19(14-12-18)27-22(20-10-7-6-9-17(20)4)25-23(26-27)29-15-16(2)3/h6-7,9-14,16H,5,8,15H2,1-4H3,(H,24,28). The Hall–Kier alpha value is -3.15. The Labute approximate surface area is 171 Å². The van der Waals surface area contributed by atoms with Crippen LogP contribution in [-0.2, 0) is 4.79 Å². The van der Waals surface area contributed by atoms with Crippen molar-refractivity contribution in [1.29, 1.82) is 0 Å². The van der Waals surface area contributed by atoms with Gasteiger partial charge < -0.3 is 10.1 Å². The highest BCUT2D eigenvalue weighted by Gasteiger charge is 2.16. The number of carbonyl (C=O) groups excluding carboxylic acids is 1.